The van der Waals surface area contributed by atoms with Crippen LogP contribution in [0.15, 0.2) is 36.5 Å². The SMILES string of the molecule is Oc1ccccc1-c1nn(CC(F)F)c2cc(F)cnc12. The highest BCUT2D eigenvalue weighted by atomic mass is 19.3. The van der Waals surface area contributed by atoms with Crippen LogP contribution < -0.4 is 0 Å². The Bertz CT molecular complexity index is 801. The third-order valence-electron chi connectivity index (χ3n) is 3.03. The number of halogens is 3. The van der Waals surface area contributed by atoms with Crippen LogP contribution in [0.25, 0.3) is 22.3 Å². The molecular formula is C14H10F3N3O. The molecule has 1 N–H and O–H groups in total. The zero-order valence-corrected chi connectivity index (χ0v) is 10.7. The summed E-state index contributed by atoms with van der Waals surface area (Å²) in [6.45, 7) is -0.671. The summed E-state index contributed by atoms with van der Waals surface area (Å²) in [6, 6.07) is 7.45. The number of nitrogens with zero attached hydrogens (tertiary/aromatic N) is 3. The number of aromatic hydroxyl groups is 1. The summed E-state index contributed by atoms with van der Waals surface area (Å²) in [5, 5.41) is 13.9. The molecule has 0 spiro atoms. The van der Waals surface area contributed by atoms with Crippen LogP contribution in [0, 0.1) is 5.82 Å². The molecule has 2 heterocycles. The van der Waals surface area contributed by atoms with Gasteiger partial charge < -0.3 is 5.11 Å². The first-order valence-electron chi connectivity index (χ1n) is 6.15. The van der Waals surface area contributed by atoms with E-state index in [-0.39, 0.29) is 22.5 Å². The summed E-state index contributed by atoms with van der Waals surface area (Å²) in [5.74, 6) is -0.686. The highest BCUT2D eigenvalue weighted by Crippen LogP contribution is 2.32. The molecule has 0 aliphatic heterocycles. The molecule has 2 aromatic heterocycles. The third-order valence-corrected chi connectivity index (χ3v) is 3.03. The maximum atomic E-state index is 13.3. The number of hydrogen-bond donors (Lipinski definition) is 1. The normalized spacial score (nSPS) is 11.4. The second-order valence-electron chi connectivity index (χ2n) is 4.46. The van der Waals surface area contributed by atoms with Gasteiger partial charge in [0.2, 0.25) is 0 Å². The minimum atomic E-state index is -2.63. The molecular weight excluding hydrogens is 283 g/mol. The first-order valence-corrected chi connectivity index (χ1v) is 6.15. The highest BCUT2D eigenvalue weighted by molar-refractivity contribution is 5.91. The number of rotatable bonds is 3. The Kier molecular flexibility index (Phi) is 3.25. The average Bonchev–Trinajstić information content (AvgIpc) is 2.77. The molecule has 3 rings (SSSR count). The molecule has 0 aliphatic carbocycles. The van der Waals surface area contributed by atoms with E-state index in [1.54, 1.807) is 18.2 Å². The van der Waals surface area contributed by atoms with E-state index >= 15 is 0 Å². The van der Waals surface area contributed by atoms with Crippen molar-refractivity contribution in [2.45, 2.75) is 13.0 Å². The summed E-state index contributed by atoms with van der Waals surface area (Å²) in [5.41, 5.74) is 1.02. The molecule has 0 unspecified atom stereocenters. The largest absolute Gasteiger partial charge is 0.507 e. The maximum absolute atomic E-state index is 13.3. The van der Waals surface area contributed by atoms with Crippen molar-refractivity contribution in [3.8, 4) is 17.0 Å². The summed E-state index contributed by atoms with van der Waals surface area (Å²) >= 11 is 0. The number of fused-ring (bicyclic) bond motifs is 1. The van der Waals surface area contributed by atoms with Crippen LogP contribution >= 0.6 is 0 Å². The predicted molar refractivity (Wildman–Crippen MR) is 70.6 cm³/mol. The van der Waals surface area contributed by atoms with Crippen LogP contribution in [0.5, 0.6) is 5.75 Å². The van der Waals surface area contributed by atoms with E-state index in [1.807, 2.05) is 0 Å². The third kappa shape index (κ3) is 2.42. The molecule has 0 fully saturated rings. The summed E-state index contributed by atoms with van der Waals surface area (Å²) in [4.78, 5) is 3.91. The smallest absolute Gasteiger partial charge is 0.257 e. The summed E-state index contributed by atoms with van der Waals surface area (Å²) in [7, 11) is 0. The van der Waals surface area contributed by atoms with Crippen LogP contribution in [0.3, 0.4) is 0 Å². The van der Waals surface area contributed by atoms with Gasteiger partial charge in [0, 0.05) is 11.6 Å². The second kappa shape index (κ2) is 5.08. The van der Waals surface area contributed by atoms with E-state index in [0.717, 1.165) is 16.9 Å². The molecule has 0 bridgehead atoms. The van der Waals surface area contributed by atoms with Crippen molar-refractivity contribution >= 4 is 11.0 Å². The molecule has 108 valence electrons. The van der Waals surface area contributed by atoms with Crippen molar-refractivity contribution in [1.29, 1.82) is 0 Å². The standard InChI is InChI=1S/C14H10F3N3O/c15-8-5-10-14(18-6-8)13(19-20(10)7-12(16)17)9-3-1-2-4-11(9)21/h1-6,12,21H,7H2. The summed E-state index contributed by atoms with van der Waals surface area (Å²) in [6.07, 6.45) is -1.64. The number of hydrogen-bond acceptors (Lipinski definition) is 3. The van der Waals surface area contributed by atoms with Gasteiger partial charge in [0.25, 0.3) is 6.43 Å². The van der Waals surface area contributed by atoms with Crippen LogP contribution in [0.1, 0.15) is 0 Å². The van der Waals surface area contributed by atoms with Crippen molar-refractivity contribution in [3.05, 3.63) is 42.3 Å². The first kappa shape index (κ1) is 13.4. The van der Waals surface area contributed by atoms with Crippen LogP contribution in [-0.4, -0.2) is 26.3 Å². The van der Waals surface area contributed by atoms with Crippen molar-refractivity contribution in [3.63, 3.8) is 0 Å². The summed E-state index contributed by atoms with van der Waals surface area (Å²) < 4.78 is 39.5. The molecule has 1 aromatic carbocycles. The van der Waals surface area contributed by atoms with E-state index in [0.29, 0.717) is 5.56 Å². The average molecular weight is 293 g/mol. The Morgan fingerprint density at radius 2 is 2.00 bits per heavy atom. The first-order chi connectivity index (χ1) is 10.1. The number of aromatic nitrogens is 3. The van der Waals surface area contributed by atoms with E-state index in [9.17, 15) is 18.3 Å². The Labute approximate surface area is 117 Å². The van der Waals surface area contributed by atoms with E-state index in [4.69, 9.17) is 0 Å². The molecule has 21 heavy (non-hydrogen) atoms. The number of alkyl halides is 2. The highest BCUT2D eigenvalue weighted by Gasteiger charge is 2.18. The van der Waals surface area contributed by atoms with Gasteiger partial charge >= 0.3 is 0 Å². The number of phenols is 1. The Morgan fingerprint density at radius 1 is 1.24 bits per heavy atom. The van der Waals surface area contributed by atoms with Gasteiger partial charge in [0.05, 0.1) is 11.7 Å². The van der Waals surface area contributed by atoms with Gasteiger partial charge in [-0.25, -0.2) is 18.2 Å². The molecule has 0 atom stereocenters. The minimum Gasteiger partial charge on any atom is -0.507 e. The fourth-order valence-corrected chi connectivity index (χ4v) is 2.15. The number of pyridine rings is 1. The quantitative estimate of drug-likeness (QED) is 0.806. The lowest BCUT2D eigenvalue weighted by atomic mass is 10.1. The van der Waals surface area contributed by atoms with Crippen molar-refractivity contribution in [1.82, 2.24) is 14.8 Å². The fraction of sp³-hybridized carbons (Fsp3) is 0.143. The van der Waals surface area contributed by atoms with Gasteiger partial charge in [-0.05, 0) is 12.1 Å². The molecule has 3 aromatic rings. The Morgan fingerprint density at radius 3 is 2.71 bits per heavy atom. The van der Waals surface area contributed by atoms with E-state index < -0.39 is 18.8 Å². The Hall–Kier alpha value is -2.57. The number of phenolic OH excluding ortho intramolecular Hbond substituents is 1. The molecule has 0 saturated heterocycles. The monoisotopic (exact) mass is 293 g/mol. The van der Waals surface area contributed by atoms with Crippen molar-refractivity contribution in [2.24, 2.45) is 0 Å². The van der Waals surface area contributed by atoms with E-state index in [2.05, 4.69) is 10.1 Å². The lowest BCUT2D eigenvalue weighted by Crippen LogP contribution is -2.08. The molecule has 4 nitrogen and oxygen atoms in total. The number of benzene rings is 1. The lowest BCUT2D eigenvalue weighted by Gasteiger charge is -2.01. The van der Waals surface area contributed by atoms with Gasteiger partial charge in [0.15, 0.2) is 0 Å². The van der Waals surface area contributed by atoms with Crippen molar-refractivity contribution < 1.29 is 18.3 Å². The van der Waals surface area contributed by atoms with Gasteiger partial charge in [0.1, 0.15) is 29.3 Å². The number of para-hydroxylation sites is 1. The molecule has 0 radical (unpaired) electrons. The topological polar surface area (TPSA) is 50.9 Å². The zero-order chi connectivity index (χ0) is 15.0. The Balaban J connectivity index is 2.26. The zero-order valence-electron chi connectivity index (χ0n) is 10.7. The van der Waals surface area contributed by atoms with Gasteiger partial charge in [-0.1, -0.05) is 12.1 Å². The van der Waals surface area contributed by atoms with Crippen LogP contribution in [0.4, 0.5) is 13.2 Å². The van der Waals surface area contributed by atoms with Gasteiger partial charge in [-0.3, -0.25) is 4.68 Å². The lowest BCUT2D eigenvalue weighted by molar-refractivity contribution is 0.123. The van der Waals surface area contributed by atoms with Crippen LogP contribution in [-0.2, 0) is 6.54 Å². The minimum absolute atomic E-state index is 0.0489. The molecule has 0 saturated carbocycles. The predicted octanol–water partition coefficient (Wildman–Crippen LogP) is 3.21. The van der Waals surface area contributed by atoms with Gasteiger partial charge in [-0.15, -0.1) is 0 Å². The molecule has 7 heteroatoms. The van der Waals surface area contributed by atoms with E-state index in [1.165, 1.54) is 6.07 Å². The fourth-order valence-electron chi connectivity index (χ4n) is 2.15. The second-order valence-corrected chi connectivity index (χ2v) is 4.46. The molecule has 0 aliphatic rings. The van der Waals surface area contributed by atoms with Crippen molar-refractivity contribution in [2.75, 3.05) is 0 Å². The molecule has 0 amide bonds. The van der Waals surface area contributed by atoms with Gasteiger partial charge in [-0.2, -0.15) is 5.10 Å². The van der Waals surface area contributed by atoms with Crippen LogP contribution in [0.2, 0.25) is 0 Å². The maximum Gasteiger partial charge on any atom is 0.257 e.